The number of carbonyl (C=O) groups is 1. The molecule has 2 aromatic rings. The summed E-state index contributed by atoms with van der Waals surface area (Å²) in [5, 5.41) is 7.28. The van der Waals surface area contributed by atoms with E-state index in [9.17, 15) is 4.79 Å². The number of alkyl carbamates (subject to hydrolysis) is 1. The van der Waals surface area contributed by atoms with Crippen molar-refractivity contribution in [3.05, 3.63) is 30.6 Å². The highest BCUT2D eigenvalue weighted by molar-refractivity contribution is 7.99. The zero-order valence-corrected chi connectivity index (χ0v) is 24.5. The molecule has 0 bridgehead atoms. The molecule has 9 nitrogen and oxygen atoms in total. The van der Waals surface area contributed by atoms with Crippen LogP contribution in [0.1, 0.15) is 53.4 Å². The molecule has 3 aliphatic heterocycles. The molecule has 2 N–H and O–H groups in total. The molecule has 0 saturated carbocycles. The minimum Gasteiger partial charge on any atom is -0.488 e. The molecule has 1 aromatic heterocycles. The molecule has 3 aliphatic rings. The number of rotatable bonds is 6. The number of carbonyl (C=O) groups excluding carboxylic acids is 1. The van der Waals surface area contributed by atoms with Crippen molar-refractivity contribution in [2.75, 3.05) is 55.7 Å². The lowest BCUT2D eigenvalue weighted by Crippen LogP contribution is -2.46. The molecule has 0 spiro atoms. The molecule has 2 fully saturated rings. The third kappa shape index (κ3) is 7.08. The fourth-order valence-electron chi connectivity index (χ4n) is 5.51. The van der Waals surface area contributed by atoms with Gasteiger partial charge in [-0.2, -0.15) is 0 Å². The Kier molecular flexibility index (Phi) is 8.42. The van der Waals surface area contributed by atoms with Gasteiger partial charge in [-0.3, -0.25) is 0 Å². The Morgan fingerprint density at radius 1 is 1.18 bits per heavy atom. The van der Waals surface area contributed by atoms with Crippen LogP contribution in [0.25, 0.3) is 0 Å². The highest BCUT2D eigenvalue weighted by Gasteiger charge is 2.32. The summed E-state index contributed by atoms with van der Waals surface area (Å²) in [4.78, 5) is 27.5. The first kappa shape index (κ1) is 27.8. The normalized spacial score (nSPS) is 19.7. The van der Waals surface area contributed by atoms with Crippen molar-refractivity contribution in [1.29, 1.82) is 0 Å². The second-order valence-corrected chi connectivity index (χ2v) is 13.2. The zero-order valence-electron chi connectivity index (χ0n) is 23.7. The molecule has 1 amide bonds. The zero-order chi connectivity index (χ0) is 27.5. The van der Waals surface area contributed by atoms with Gasteiger partial charge >= 0.3 is 6.09 Å². The number of hydrogen-bond donors (Lipinski definition) is 2. The smallest absolute Gasteiger partial charge is 0.407 e. The van der Waals surface area contributed by atoms with Gasteiger partial charge in [-0.25, -0.2) is 14.8 Å². The summed E-state index contributed by atoms with van der Waals surface area (Å²) in [7, 11) is 0. The standard InChI is InChI=1S/C29H42N6O3S/c1-28(2,3)38-27(36)33-20-29(4)10-14-34(15-11-29)24-18-32-25(19-31-24)39-23-7-5-6-22-26(23)37-17-16-35(22)21-8-12-30-13-9-21/h5-7,18-19,21,30H,8-17,20H2,1-4H3,(H,33,36). The number of amides is 1. The Morgan fingerprint density at radius 3 is 2.64 bits per heavy atom. The molecule has 0 aliphatic carbocycles. The van der Waals surface area contributed by atoms with Crippen molar-refractivity contribution in [3.63, 3.8) is 0 Å². The molecule has 0 unspecified atom stereocenters. The number of aromatic nitrogens is 2. The van der Waals surface area contributed by atoms with Crippen LogP contribution < -0.4 is 25.2 Å². The maximum Gasteiger partial charge on any atom is 0.407 e. The van der Waals surface area contributed by atoms with Crippen LogP contribution in [0.15, 0.2) is 40.5 Å². The Balaban J connectivity index is 1.17. The van der Waals surface area contributed by atoms with Gasteiger partial charge in [0.1, 0.15) is 23.1 Å². The predicted octanol–water partition coefficient (Wildman–Crippen LogP) is 4.71. The lowest BCUT2D eigenvalue weighted by molar-refractivity contribution is 0.0495. The van der Waals surface area contributed by atoms with Crippen molar-refractivity contribution in [2.45, 2.75) is 74.9 Å². The molecule has 212 valence electrons. The van der Waals surface area contributed by atoms with Crippen LogP contribution in [-0.2, 0) is 4.74 Å². The van der Waals surface area contributed by atoms with E-state index in [0.29, 0.717) is 19.2 Å². The van der Waals surface area contributed by atoms with Gasteiger partial charge in [-0.1, -0.05) is 24.8 Å². The second-order valence-electron chi connectivity index (χ2n) is 12.1. The number of hydrogen-bond acceptors (Lipinski definition) is 9. The second kappa shape index (κ2) is 11.8. The number of para-hydroxylation sites is 1. The Labute approximate surface area is 236 Å². The third-order valence-electron chi connectivity index (χ3n) is 7.78. The highest BCUT2D eigenvalue weighted by atomic mass is 32.2. The number of ether oxygens (including phenoxy) is 2. The summed E-state index contributed by atoms with van der Waals surface area (Å²) in [5.74, 6) is 1.86. The van der Waals surface area contributed by atoms with E-state index in [1.807, 2.05) is 33.2 Å². The van der Waals surface area contributed by atoms with Crippen LogP contribution in [0, 0.1) is 5.41 Å². The van der Waals surface area contributed by atoms with Crippen molar-refractivity contribution in [2.24, 2.45) is 5.41 Å². The number of anilines is 2. The molecule has 1 aromatic carbocycles. The van der Waals surface area contributed by atoms with Crippen molar-refractivity contribution in [1.82, 2.24) is 20.6 Å². The van der Waals surface area contributed by atoms with Gasteiger partial charge in [0.05, 0.1) is 29.5 Å². The number of fused-ring (bicyclic) bond motifs is 1. The maximum atomic E-state index is 12.1. The van der Waals surface area contributed by atoms with E-state index in [4.69, 9.17) is 19.4 Å². The summed E-state index contributed by atoms with van der Waals surface area (Å²) in [5.41, 5.74) is 0.739. The maximum absolute atomic E-state index is 12.1. The summed E-state index contributed by atoms with van der Waals surface area (Å²) in [6, 6.07) is 6.98. The minimum absolute atomic E-state index is 0.0328. The quantitative estimate of drug-likeness (QED) is 0.527. The lowest BCUT2D eigenvalue weighted by Gasteiger charge is -2.40. The molecule has 0 atom stereocenters. The Hall–Kier alpha value is -2.72. The predicted molar refractivity (Wildman–Crippen MR) is 155 cm³/mol. The van der Waals surface area contributed by atoms with Crippen LogP contribution in [0.4, 0.5) is 16.3 Å². The van der Waals surface area contributed by atoms with Gasteiger partial charge in [0.2, 0.25) is 0 Å². The molecule has 0 radical (unpaired) electrons. The third-order valence-corrected chi connectivity index (χ3v) is 8.74. The fraction of sp³-hybridized carbons (Fsp3) is 0.621. The van der Waals surface area contributed by atoms with Gasteiger partial charge in [0, 0.05) is 25.7 Å². The number of piperidine rings is 2. The van der Waals surface area contributed by atoms with Crippen molar-refractivity contribution in [3.8, 4) is 5.75 Å². The summed E-state index contributed by atoms with van der Waals surface area (Å²) in [6.07, 6.45) is 7.64. The lowest BCUT2D eigenvalue weighted by atomic mass is 9.80. The van der Waals surface area contributed by atoms with Gasteiger partial charge < -0.3 is 29.9 Å². The summed E-state index contributed by atoms with van der Waals surface area (Å²) in [6.45, 7) is 14.0. The van der Waals surface area contributed by atoms with E-state index in [-0.39, 0.29) is 11.5 Å². The summed E-state index contributed by atoms with van der Waals surface area (Å²) < 4.78 is 11.6. The van der Waals surface area contributed by atoms with E-state index in [2.05, 4.69) is 45.6 Å². The SMILES string of the molecule is CC1(CNC(=O)OC(C)(C)C)CCN(c2cnc(Sc3cccc4c3OCCN4C3CCNCC3)cn2)CC1. The number of benzene rings is 1. The first-order valence-corrected chi connectivity index (χ1v) is 15.0. The molecule has 4 heterocycles. The van der Waals surface area contributed by atoms with Gasteiger partial charge in [-0.05, 0) is 77.1 Å². The molecular formula is C29H42N6O3S. The molecule has 2 saturated heterocycles. The largest absolute Gasteiger partial charge is 0.488 e. The van der Waals surface area contributed by atoms with E-state index in [0.717, 1.165) is 67.1 Å². The topological polar surface area (TPSA) is 91.8 Å². The first-order valence-electron chi connectivity index (χ1n) is 14.1. The van der Waals surface area contributed by atoms with Crippen LogP contribution in [0.3, 0.4) is 0 Å². The number of nitrogens with zero attached hydrogens (tertiary/aromatic N) is 4. The van der Waals surface area contributed by atoms with Gasteiger partial charge in [0.15, 0.2) is 5.75 Å². The molecular weight excluding hydrogens is 512 g/mol. The van der Waals surface area contributed by atoms with Crippen LogP contribution in [-0.4, -0.2) is 73.6 Å². The molecule has 10 heteroatoms. The highest BCUT2D eigenvalue weighted by Crippen LogP contribution is 2.43. The van der Waals surface area contributed by atoms with Crippen LogP contribution in [0.5, 0.6) is 5.75 Å². The minimum atomic E-state index is -0.489. The van der Waals surface area contributed by atoms with E-state index >= 15 is 0 Å². The number of nitrogens with one attached hydrogen (secondary N) is 2. The van der Waals surface area contributed by atoms with Crippen LogP contribution in [0.2, 0.25) is 0 Å². The van der Waals surface area contributed by atoms with Crippen molar-refractivity contribution < 1.29 is 14.3 Å². The summed E-state index contributed by atoms with van der Waals surface area (Å²) >= 11 is 1.61. The van der Waals surface area contributed by atoms with E-state index in [1.165, 1.54) is 18.5 Å². The molecule has 39 heavy (non-hydrogen) atoms. The van der Waals surface area contributed by atoms with Gasteiger partial charge in [-0.15, -0.1) is 0 Å². The Bertz CT molecular complexity index is 1120. The van der Waals surface area contributed by atoms with Crippen LogP contribution >= 0.6 is 11.8 Å². The van der Waals surface area contributed by atoms with Gasteiger partial charge in [0.25, 0.3) is 0 Å². The average molecular weight is 555 g/mol. The molecule has 5 rings (SSSR count). The van der Waals surface area contributed by atoms with E-state index in [1.54, 1.807) is 11.8 Å². The fourth-order valence-corrected chi connectivity index (χ4v) is 6.35. The first-order chi connectivity index (χ1) is 18.7. The monoisotopic (exact) mass is 554 g/mol. The average Bonchev–Trinajstić information content (AvgIpc) is 2.92. The Morgan fingerprint density at radius 2 is 1.95 bits per heavy atom. The van der Waals surface area contributed by atoms with E-state index < -0.39 is 5.60 Å². The van der Waals surface area contributed by atoms with Crippen molar-refractivity contribution >= 4 is 29.4 Å².